The molecular formula is C43H87NO3. The summed E-state index contributed by atoms with van der Waals surface area (Å²) in [6.45, 7) is 4.32. The predicted molar refractivity (Wildman–Crippen MR) is 207 cm³/mol. The number of aliphatic hydroxyl groups excluding tert-OH is 2. The van der Waals surface area contributed by atoms with Crippen LogP contribution in [0.15, 0.2) is 0 Å². The Balaban J connectivity index is 3.31. The van der Waals surface area contributed by atoms with Crippen LogP contribution in [0.4, 0.5) is 0 Å². The van der Waals surface area contributed by atoms with Crippen molar-refractivity contribution in [3.63, 3.8) is 0 Å². The molecule has 3 N–H and O–H groups in total. The molecule has 0 aliphatic rings. The van der Waals surface area contributed by atoms with Crippen molar-refractivity contribution in [2.75, 3.05) is 6.61 Å². The van der Waals surface area contributed by atoms with Crippen molar-refractivity contribution in [1.29, 1.82) is 0 Å². The predicted octanol–water partition coefficient (Wildman–Crippen LogP) is 13.3. The highest BCUT2D eigenvalue weighted by Gasteiger charge is 2.19. The molecule has 4 nitrogen and oxygen atoms in total. The van der Waals surface area contributed by atoms with E-state index in [1.165, 1.54) is 199 Å². The highest BCUT2D eigenvalue weighted by molar-refractivity contribution is 5.76. The fourth-order valence-corrected chi connectivity index (χ4v) is 7.01. The van der Waals surface area contributed by atoms with Crippen LogP contribution in [-0.4, -0.2) is 34.9 Å². The van der Waals surface area contributed by atoms with E-state index in [-0.39, 0.29) is 12.5 Å². The normalized spacial score (nSPS) is 12.9. The fourth-order valence-electron chi connectivity index (χ4n) is 7.01. The molecule has 0 saturated carbocycles. The molecule has 0 aromatic heterocycles. The van der Waals surface area contributed by atoms with Gasteiger partial charge >= 0.3 is 0 Å². The minimum atomic E-state index is -0.649. The molecule has 0 radical (unpaired) electrons. The van der Waals surface area contributed by atoms with Gasteiger partial charge in [-0.25, -0.2) is 0 Å². The second kappa shape index (κ2) is 39.8. The van der Waals surface area contributed by atoms with E-state index in [2.05, 4.69) is 19.2 Å². The minimum Gasteiger partial charge on any atom is -0.394 e. The van der Waals surface area contributed by atoms with Gasteiger partial charge in [0.2, 0.25) is 5.91 Å². The third-order valence-electron chi connectivity index (χ3n) is 10.4. The lowest BCUT2D eigenvalue weighted by Crippen LogP contribution is -2.45. The molecule has 0 rings (SSSR count). The van der Waals surface area contributed by atoms with Crippen molar-refractivity contribution in [3.8, 4) is 0 Å². The Morgan fingerprint density at radius 1 is 0.426 bits per heavy atom. The van der Waals surface area contributed by atoms with Crippen molar-refractivity contribution >= 4 is 5.91 Å². The van der Waals surface area contributed by atoms with Gasteiger partial charge in [-0.1, -0.05) is 232 Å². The van der Waals surface area contributed by atoms with E-state index >= 15 is 0 Å². The molecule has 0 aromatic carbocycles. The Kier molecular flexibility index (Phi) is 39.3. The van der Waals surface area contributed by atoms with Crippen LogP contribution in [0.1, 0.15) is 251 Å². The van der Waals surface area contributed by atoms with Gasteiger partial charge in [-0.05, 0) is 12.8 Å². The third-order valence-corrected chi connectivity index (χ3v) is 10.4. The number of rotatable bonds is 40. The zero-order valence-electron chi connectivity index (χ0n) is 32.3. The Bertz CT molecular complexity index is 598. The minimum absolute atomic E-state index is 0.0314. The maximum atomic E-state index is 12.3. The van der Waals surface area contributed by atoms with E-state index in [4.69, 9.17) is 0 Å². The van der Waals surface area contributed by atoms with Crippen LogP contribution in [0.3, 0.4) is 0 Å². The van der Waals surface area contributed by atoms with E-state index in [0.717, 1.165) is 25.7 Å². The van der Waals surface area contributed by atoms with Crippen molar-refractivity contribution < 1.29 is 15.0 Å². The zero-order valence-corrected chi connectivity index (χ0v) is 32.3. The van der Waals surface area contributed by atoms with E-state index in [1.807, 2.05) is 0 Å². The molecule has 282 valence electrons. The fraction of sp³-hybridized carbons (Fsp3) is 0.977. The van der Waals surface area contributed by atoms with E-state index in [9.17, 15) is 15.0 Å². The van der Waals surface area contributed by atoms with Gasteiger partial charge in [0.25, 0.3) is 0 Å². The molecule has 0 heterocycles. The second-order valence-corrected chi connectivity index (χ2v) is 15.1. The molecule has 0 bridgehead atoms. The van der Waals surface area contributed by atoms with Gasteiger partial charge in [0.05, 0.1) is 18.8 Å². The van der Waals surface area contributed by atoms with Crippen LogP contribution < -0.4 is 5.32 Å². The van der Waals surface area contributed by atoms with Crippen LogP contribution >= 0.6 is 0 Å². The number of aliphatic hydroxyl groups is 2. The number of unbranched alkanes of at least 4 members (excludes halogenated alkanes) is 33. The Morgan fingerprint density at radius 3 is 0.957 bits per heavy atom. The summed E-state index contributed by atoms with van der Waals surface area (Å²) in [4.78, 5) is 12.3. The van der Waals surface area contributed by atoms with Gasteiger partial charge in [-0.3, -0.25) is 4.79 Å². The number of hydrogen-bond acceptors (Lipinski definition) is 3. The molecule has 0 fully saturated rings. The quantitative estimate of drug-likeness (QED) is 0.0570. The van der Waals surface area contributed by atoms with Crippen LogP contribution in [0.5, 0.6) is 0 Å². The molecule has 0 aliphatic heterocycles. The summed E-state index contributed by atoms with van der Waals surface area (Å²) in [5.74, 6) is -0.0314. The maximum Gasteiger partial charge on any atom is 0.220 e. The summed E-state index contributed by atoms with van der Waals surface area (Å²) < 4.78 is 0. The first-order valence-electron chi connectivity index (χ1n) is 21.7. The topological polar surface area (TPSA) is 69.6 Å². The van der Waals surface area contributed by atoms with E-state index in [0.29, 0.717) is 12.8 Å². The number of carbonyl (C=O) groups is 1. The lowest BCUT2D eigenvalue weighted by Gasteiger charge is -2.22. The van der Waals surface area contributed by atoms with Gasteiger partial charge in [0.15, 0.2) is 0 Å². The van der Waals surface area contributed by atoms with E-state index in [1.54, 1.807) is 0 Å². The average molecular weight is 666 g/mol. The smallest absolute Gasteiger partial charge is 0.220 e. The molecule has 0 aliphatic carbocycles. The van der Waals surface area contributed by atoms with Gasteiger partial charge in [-0.15, -0.1) is 0 Å². The number of carbonyl (C=O) groups excluding carboxylic acids is 1. The first-order chi connectivity index (χ1) is 23.2. The summed E-state index contributed by atoms with van der Waals surface area (Å²) in [6, 6.07) is -0.526. The highest BCUT2D eigenvalue weighted by Crippen LogP contribution is 2.17. The SMILES string of the molecule is CCCCCCCCCCCCCCCCCCCCCCCCCCCCCCCC(=O)NC(CO)C(O)CCCCCCCC. The molecule has 0 spiro atoms. The number of nitrogens with one attached hydrogen (secondary N) is 1. The highest BCUT2D eigenvalue weighted by atomic mass is 16.3. The summed E-state index contributed by atoms with van der Waals surface area (Å²) >= 11 is 0. The van der Waals surface area contributed by atoms with Crippen LogP contribution in [-0.2, 0) is 4.79 Å². The number of amides is 1. The molecule has 0 saturated heterocycles. The summed E-state index contributed by atoms with van der Waals surface area (Å²) in [7, 11) is 0. The van der Waals surface area contributed by atoms with Crippen LogP contribution in [0.25, 0.3) is 0 Å². The molecule has 0 aromatic rings. The standard InChI is InChI=1S/C43H87NO3/c1-3-5-7-9-11-12-13-14-15-16-17-18-19-20-21-22-23-24-25-26-27-28-29-30-31-32-33-35-37-39-43(47)44-41(40-45)42(46)38-36-34-10-8-6-4-2/h41-42,45-46H,3-40H2,1-2H3,(H,44,47). The summed E-state index contributed by atoms with van der Waals surface area (Å²) in [6.07, 6.45) is 47.9. The maximum absolute atomic E-state index is 12.3. The van der Waals surface area contributed by atoms with Crippen LogP contribution in [0.2, 0.25) is 0 Å². The van der Waals surface area contributed by atoms with Crippen molar-refractivity contribution in [3.05, 3.63) is 0 Å². The van der Waals surface area contributed by atoms with E-state index < -0.39 is 12.1 Å². The monoisotopic (exact) mass is 666 g/mol. The number of hydrogen-bond donors (Lipinski definition) is 3. The van der Waals surface area contributed by atoms with Gasteiger partial charge in [0.1, 0.15) is 0 Å². The Labute approximate surface area is 295 Å². The molecule has 47 heavy (non-hydrogen) atoms. The third kappa shape index (κ3) is 36.5. The molecule has 4 heteroatoms. The summed E-state index contributed by atoms with van der Waals surface area (Å²) in [5, 5.41) is 22.9. The van der Waals surface area contributed by atoms with Gasteiger partial charge in [-0.2, -0.15) is 0 Å². The van der Waals surface area contributed by atoms with Crippen molar-refractivity contribution in [2.45, 2.75) is 264 Å². The second-order valence-electron chi connectivity index (χ2n) is 15.1. The Morgan fingerprint density at radius 2 is 0.681 bits per heavy atom. The zero-order chi connectivity index (χ0) is 34.3. The molecule has 1 amide bonds. The van der Waals surface area contributed by atoms with Crippen molar-refractivity contribution in [2.24, 2.45) is 0 Å². The van der Waals surface area contributed by atoms with Gasteiger partial charge in [0, 0.05) is 6.42 Å². The first-order valence-corrected chi connectivity index (χ1v) is 21.7. The van der Waals surface area contributed by atoms with Gasteiger partial charge < -0.3 is 15.5 Å². The van der Waals surface area contributed by atoms with Crippen molar-refractivity contribution in [1.82, 2.24) is 5.32 Å². The lowest BCUT2D eigenvalue weighted by molar-refractivity contribution is -0.123. The average Bonchev–Trinajstić information content (AvgIpc) is 3.07. The largest absolute Gasteiger partial charge is 0.394 e. The Hall–Kier alpha value is -0.610. The molecule has 2 unspecified atom stereocenters. The van der Waals surface area contributed by atoms with Crippen LogP contribution in [0, 0.1) is 0 Å². The summed E-state index contributed by atoms with van der Waals surface area (Å²) in [5.41, 5.74) is 0. The first kappa shape index (κ1) is 46.4. The molecular weight excluding hydrogens is 578 g/mol. The molecule has 2 atom stereocenters. The lowest BCUT2D eigenvalue weighted by atomic mass is 10.0.